The average Bonchev–Trinajstić information content (AvgIpc) is 2.52. The molecule has 0 radical (unpaired) electrons. The fraction of sp³-hybridized carbons (Fsp3) is 1.00. The molecule has 2 aliphatic rings. The van der Waals surface area contributed by atoms with Gasteiger partial charge in [-0.25, -0.2) is 8.78 Å². The number of fused-ring (bicyclic) bond motifs is 1. The zero-order valence-electron chi connectivity index (χ0n) is 6.11. The Hall–Kier alpha value is -0.220. The van der Waals surface area contributed by atoms with Crippen molar-refractivity contribution in [2.24, 2.45) is 11.3 Å². The van der Waals surface area contributed by atoms with Gasteiger partial charge in [0.25, 0.3) is 5.92 Å². The van der Waals surface area contributed by atoms with Gasteiger partial charge in [-0.3, -0.25) is 0 Å². The predicted octanol–water partition coefficient (Wildman–Crippen LogP) is 0.224. The number of hydrogen-bond acceptors (Lipinski definition) is 2. The van der Waals surface area contributed by atoms with Crippen molar-refractivity contribution in [2.45, 2.75) is 12.3 Å². The summed E-state index contributed by atoms with van der Waals surface area (Å²) in [6.07, 6.45) is 0.494. The van der Waals surface area contributed by atoms with E-state index in [1.54, 1.807) is 0 Å². The zero-order chi connectivity index (χ0) is 8.11. The summed E-state index contributed by atoms with van der Waals surface area (Å²) < 4.78 is 25.9. The van der Waals surface area contributed by atoms with Crippen molar-refractivity contribution in [1.82, 2.24) is 5.32 Å². The second-order valence-electron chi connectivity index (χ2n) is 3.46. The van der Waals surface area contributed by atoms with E-state index in [1.807, 2.05) is 0 Å². The summed E-state index contributed by atoms with van der Waals surface area (Å²) >= 11 is 0. The van der Waals surface area contributed by atoms with Gasteiger partial charge in [0, 0.05) is 12.5 Å². The molecule has 2 unspecified atom stereocenters. The van der Waals surface area contributed by atoms with Crippen LogP contribution in [0.25, 0.3) is 0 Å². The molecular formula is C7H11F2NO. The van der Waals surface area contributed by atoms with Gasteiger partial charge in [-0.15, -0.1) is 0 Å². The molecule has 0 spiro atoms. The van der Waals surface area contributed by atoms with Crippen molar-refractivity contribution in [3.05, 3.63) is 0 Å². The fourth-order valence-electron chi connectivity index (χ4n) is 2.12. The Kier molecular flexibility index (Phi) is 1.30. The maximum atomic E-state index is 13.0. The van der Waals surface area contributed by atoms with E-state index in [0.717, 1.165) is 0 Å². The van der Waals surface area contributed by atoms with Crippen LogP contribution in [-0.2, 0) is 0 Å². The van der Waals surface area contributed by atoms with Gasteiger partial charge in [-0.1, -0.05) is 0 Å². The third-order valence-electron chi connectivity index (χ3n) is 3.02. The number of halogens is 2. The quantitative estimate of drug-likeness (QED) is 0.579. The van der Waals surface area contributed by atoms with E-state index < -0.39 is 23.9 Å². The molecule has 1 aliphatic heterocycles. The Morgan fingerprint density at radius 2 is 2.27 bits per heavy atom. The lowest BCUT2D eigenvalue weighted by Gasteiger charge is -2.18. The van der Waals surface area contributed by atoms with Crippen molar-refractivity contribution >= 4 is 0 Å². The van der Waals surface area contributed by atoms with E-state index in [9.17, 15) is 8.78 Å². The van der Waals surface area contributed by atoms with Gasteiger partial charge in [0.15, 0.2) is 0 Å². The lowest BCUT2D eigenvalue weighted by molar-refractivity contribution is 0.0368. The van der Waals surface area contributed by atoms with Crippen LogP contribution in [0.2, 0.25) is 0 Å². The number of alkyl halides is 2. The van der Waals surface area contributed by atoms with Crippen LogP contribution >= 0.6 is 0 Å². The predicted molar refractivity (Wildman–Crippen MR) is 35.4 cm³/mol. The molecule has 2 fully saturated rings. The molecule has 0 aromatic rings. The van der Waals surface area contributed by atoms with Crippen molar-refractivity contribution < 1.29 is 13.9 Å². The highest BCUT2D eigenvalue weighted by atomic mass is 19.3. The number of rotatable bonds is 1. The summed E-state index contributed by atoms with van der Waals surface area (Å²) in [4.78, 5) is 0. The van der Waals surface area contributed by atoms with Crippen LogP contribution in [0.3, 0.4) is 0 Å². The van der Waals surface area contributed by atoms with Crippen LogP contribution in [-0.4, -0.2) is 30.7 Å². The fourth-order valence-corrected chi connectivity index (χ4v) is 2.12. The molecule has 64 valence electrons. The number of piperidine rings is 1. The lowest BCUT2D eigenvalue weighted by atomic mass is 10.00. The maximum Gasteiger partial charge on any atom is 0.261 e. The van der Waals surface area contributed by atoms with Crippen molar-refractivity contribution in [2.75, 3.05) is 19.7 Å². The van der Waals surface area contributed by atoms with Crippen molar-refractivity contribution in [3.63, 3.8) is 0 Å². The normalized spacial score (nSPS) is 46.6. The summed E-state index contributed by atoms with van der Waals surface area (Å²) in [6.45, 7) is 0.529. The van der Waals surface area contributed by atoms with E-state index in [0.29, 0.717) is 13.0 Å². The molecule has 4 heteroatoms. The van der Waals surface area contributed by atoms with Gasteiger partial charge in [-0.2, -0.15) is 0 Å². The summed E-state index contributed by atoms with van der Waals surface area (Å²) in [7, 11) is 0. The molecule has 2 nitrogen and oxygen atoms in total. The number of hydrogen-bond donors (Lipinski definition) is 2. The second kappa shape index (κ2) is 1.93. The lowest BCUT2D eigenvalue weighted by Crippen LogP contribution is -2.35. The standard InChI is InChI=1S/C7H11F2NO/c8-7(9)5-1-2-10-3-6(5,7)4-11/h5,10-11H,1-4H2. The van der Waals surface area contributed by atoms with Crippen LogP contribution in [0.5, 0.6) is 0 Å². The van der Waals surface area contributed by atoms with Gasteiger partial charge >= 0.3 is 0 Å². The van der Waals surface area contributed by atoms with Crippen molar-refractivity contribution in [3.8, 4) is 0 Å². The highest BCUT2D eigenvalue weighted by molar-refractivity contribution is 5.20. The van der Waals surface area contributed by atoms with Gasteiger partial charge in [0.2, 0.25) is 0 Å². The number of aliphatic hydroxyl groups excluding tert-OH is 1. The first-order valence-electron chi connectivity index (χ1n) is 3.84. The number of aliphatic hydroxyl groups is 1. The van der Waals surface area contributed by atoms with E-state index >= 15 is 0 Å². The molecule has 2 atom stereocenters. The highest BCUT2D eigenvalue weighted by Crippen LogP contribution is 2.67. The van der Waals surface area contributed by atoms with Gasteiger partial charge in [0.05, 0.1) is 12.0 Å². The molecule has 1 aliphatic carbocycles. The summed E-state index contributed by atoms with van der Waals surface area (Å²) in [6, 6.07) is 0. The smallest absolute Gasteiger partial charge is 0.261 e. The van der Waals surface area contributed by atoms with Gasteiger partial charge in [0.1, 0.15) is 0 Å². The summed E-state index contributed by atoms with van der Waals surface area (Å²) in [5, 5.41) is 11.7. The van der Waals surface area contributed by atoms with Crippen LogP contribution in [0.1, 0.15) is 6.42 Å². The van der Waals surface area contributed by atoms with Crippen LogP contribution in [0.4, 0.5) is 8.78 Å². The van der Waals surface area contributed by atoms with E-state index in [2.05, 4.69) is 5.32 Å². The zero-order valence-corrected chi connectivity index (χ0v) is 6.11. The van der Waals surface area contributed by atoms with E-state index in [1.165, 1.54) is 0 Å². The Balaban J connectivity index is 2.20. The monoisotopic (exact) mass is 163 g/mol. The minimum Gasteiger partial charge on any atom is -0.395 e. The Labute approximate surface area is 63.6 Å². The summed E-state index contributed by atoms with van der Waals surface area (Å²) in [5.41, 5.74) is -1.11. The topological polar surface area (TPSA) is 32.3 Å². The third kappa shape index (κ3) is 0.667. The minimum atomic E-state index is -2.62. The van der Waals surface area contributed by atoms with Crippen LogP contribution in [0.15, 0.2) is 0 Å². The van der Waals surface area contributed by atoms with E-state index in [-0.39, 0.29) is 6.54 Å². The Morgan fingerprint density at radius 1 is 1.55 bits per heavy atom. The van der Waals surface area contributed by atoms with Gasteiger partial charge < -0.3 is 10.4 Å². The molecular weight excluding hydrogens is 152 g/mol. The number of nitrogens with one attached hydrogen (secondary N) is 1. The maximum absolute atomic E-state index is 13.0. The third-order valence-corrected chi connectivity index (χ3v) is 3.02. The van der Waals surface area contributed by atoms with Gasteiger partial charge in [-0.05, 0) is 13.0 Å². The van der Waals surface area contributed by atoms with Crippen molar-refractivity contribution in [1.29, 1.82) is 0 Å². The first-order chi connectivity index (χ1) is 5.15. The largest absolute Gasteiger partial charge is 0.395 e. The van der Waals surface area contributed by atoms with Crippen LogP contribution < -0.4 is 5.32 Å². The first-order valence-corrected chi connectivity index (χ1v) is 3.84. The molecule has 1 saturated heterocycles. The molecule has 0 bridgehead atoms. The summed E-state index contributed by atoms with van der Waals surface area (Å²) in [5.74, 6) is -3.19. The molecule has 1 heterocycles. The molecule has 11 heavy (non-hydrogen) atoms. The molecule has 2 rings (SSSR count). The average molecular weight is 163 g/mol. The molecule has 1 saturated carbocycles. The minimum absolute atomic E-state index is 0.265. The first kappa shape index (κ1) is 7.43. The highest BCUT2D eigenvalue weighted by Gasteiger charge is 2.80. The van der Waals surface area contributed by atoms with Crippen LogP contribution in [0, 0.1) is 11.3 Å². The molecule has 2 N–H and O–H groups in total. The molecule has 0 aromatic carbocycles. The SMILES string of the molecule is OCC12CNCCC1C2(F)F. The molecule has 0 amide bonds. The molecule has 0 aromatic heterocycles. The second-order valence-corrected chi connectivity index (χ2v) is 3.46. The Morgan fingerprint density at radius 3 is 2.73 bits per heavy atom. The Bertz CT molecular complexity index is 185. The van der Waals surface area contributed by atoms with E-state index in [4.69, 9.17) is 5.11 Å².